The average Bonchev–Trinajstić information content (AvgIpc) is 2.28. The third-order valence-corrected chi connectivity index (χ3v) is 3.70. The summed E-state index contributed by atoms with van der Waals surface area (Å²) in [6.07, 6.45) is 2.61. The number of carbonyl (C=O) groups is 1. The van der Waals surface area contributed by atoms with Gasteiger partial charge in [0.2, 0.25) is 0 Å². The molecule has 0 unspecified atom stereocenters. The maximum absolute atomic E-state index is 11.7. The number of hydrogen-bond acceptors (Lipinski definition) is 3. The molecule has 1 aliphatic rings. The molecule has 5 nitrogen and oxygen atoms in total. The predicted molar refractivity (Wildman–Crippen MR) is 64.7 cm³/mol. The van der Waals surface area contributed by atoms with Crippen LogP contribution in [0, 0.1) is 7.43 Å². The molecule has 1 aliphatic carbocycles. The van der Waals surface area contributed by atoms with Crippen molar-refractivity contribution in [2.75, 3.05) is 0 Å². The maximum Gasteiger partial charge on any atom is 0.362 e. The van der Waals surface area contributed by atoms with E-state index in [9.17, 15) is 13.2 Å². The number of ketones is 1. The van der Waals surface area contributed by atoms with Crippen molar-refractivity contribution in [2.24, 2.45) is 0 Å². The van der Waals surface area contributed by atoms with Gasteiger partial charge in [-0.25, -0.2) is 8.42 Å². The highest BCUT2D eigenvalue weighted by molar-refractivity contribution is 8.13. The number of Topliss-reactive ketones (excluding diaryl/α,β-unsaturated/α-hetero) is 1. The Balaban J connectivity index is 0.00000162. The molecule has 0 amide bonds. The number of halogens is 1. The molecule has 0 fully saturated rings. The number of fused-ring (bicyclic) bond motifs is 1. The first-order chi connectivity index (χ1) is 7.95. The Kier molecular flexibility index (Phi) is 3.86. The van der Waals surface area contributed by atoms with Gasteiger partial charge < -0.3 is 5.53 Å². The van der Waals surface area contributed by atoms with E-state index in [2.05, 4.69) is 4.79 Å². The molecule has 0 N–H and O–H groups in total. The second-order valence-electron chi connectivity index (χ2n) is 3.30. The molecule has 0 saturated heterocycles. The lowest BCUT2D eigenvalue weighted by atomic mass is 9.95. The van der Waals surface area contributed by atoms with Crippen molar-refractivity contribution >= 4 is 37.3 Å². The van der Waals surface area contributed by atoms with Gasteiger partial charge in [-0.1, -0.05) is 12.1 Å². The van der Waals surface area contributed by atoms with E-state index < -0.39 is 14.8 Å². The van der Waals surface area contributed by atoms with E-state index in [1.165, 1.54) is 30.4 Å². The van der Waals surface area contributed by atoms with E-state index in [4.69, 9.17) is 16.2 Å². The van der Waals surface area contributed by atoms with Crippen molar-refractivity contribution in [3.8, 4) is 0 Å². The third kappa shape index (κ3) is 2.26. The summed E-state index contributed by atoms with van der Waals surface area (Å²) in [5.74, 6) is -0.549. The molecule has 1 aromatic rings. The second-order valence-corrected chi connectivity index (χ2v) is 5.84. The van der Waals surface area contributed by atoms with Crippen LogP contribution in [0.4, 0.5) is 0 Å². The Morgan fingerprint density at radius 1 is 1.22 bits per heavy atom. The number of benzene rings is 1. The molecule has 0 aliphatic heterocycles. The molecule has 0 heterocycles. The van der Waals surface area contributed by atoms with Gasteiger partial charge in [0.15, 0.2) is 0 Å². The number of carbonyl (C=O) groups excluding carboxylic acids is 1. The number of rotatable bonds is 1. The highest BCUT2D eigenvalue weighted by Crippen LogP contribution is 2.27. The van der Waals surface area contributed by atoms with Crippen molar-refractivity contribution in [1.82, 2.24) is 0 Å². The van der Waals surface area contributed by atoms with E-state index in [1.807, 2.05) is 0 Å². The Hall–Kier alpha value is -1.75. The van der Waals surface area contributed by atoms with Crippen molar-refractivity contribution in [3.05, 3.63) is 48.4 Å². The van der Waals surface area contributed by atoms with E-state index in [0.717, 1.165) is 0 Å². The molecule has 2 rings (SSSR count). The van der Waals surface area contributed by atoms with Crippen molar-refractivity contribution < 1.29 is 18.0 Å². The Bertz CT molecular complexity index is 701. The van der Waals surface area contributed by atoms with Gasteiger partial charge in [0, 0.05) is 35.3 Å². The molecule has 1 aromatic carbocycles. The van der Waals surface area contributed by atoms with Crippen molar-refractivity contribution in [3.63, 3.8) is 0 Å². The molecule has 0 saturated carbocycles. The lowest BCUT2D eigenvalue weighted by Gasteiger charge is -2.09. The maximum atomic E-state index is 11.7. The monoisotopic (exact) mass is 280 g/mol. The highest BCUT2D eigenvalue weighted by atomic mass is 35.7. The quantitative estimate of drug-likeness (QED) is 0.444. The van der Waals surface area contributed by atoms with E-state index in [0.29, 0.717) is 0 Å². The predicted octanol–water partition coefficient (Wildman–Crippen LogP) is 1.58. The van der Waals surface area contributed by atoms with E-state index in [-0.39, 0.29) is 29.2 Å². The van der Waals surface area contributed by atoms with Crippen LogP contribution in [0.1, 0.15) is 15.9 Å². The summed E-state index contributed by atoms with van der Waals surface area (Å²) in [4.78, 5) is 14.4. The van der Waals surface area contributed by atoms with Crippen LogP contribution in [0.2, 0.25) is 0 Å². The van der Waals surface area contributed by atoms with E-state index >= 15 is 0 Å². The smallest absolute Gasteiger partial charge is 0.361 e. The van der Waals surface area contributed by atoms with Gasteiger partial charge in [0.25, 0.3) is 14.8 Å². The third-order valence-electron chi connectivity index (χ3n) is 2.32. The number of nitrogens with zero attached hydrogens (tertiary/aromatic N) is 2. The second kappa shape index (κ2) is 4.86. The van der Waals surface area contributed by atoms with Crippen molar-refractivity contribution in [2.45, 2.75) is 4.90 Å². The largest absolute Gasteiger partial charge is 0.362 e. The summed E-state index contributed by atoms with van der Waals surface area (Å²) >= 11 is 0. The number of hydrogen-bond donors (Lipinski definition) is 0. The highest BCUT2D eigenvalue weighted by Gasteiger charge is 2.29. The lowest BCUT2D eigenvalue weighted by Crippen LogP contribution is -2.18. The zero-order chi connectivity index (χ0) is 12.6. The minimum atomic E-state index is -3.93. The van der Waals surface area contributed by atoms with Gasteiger partial charge in [0.05, 0.1) is 4.90 Å². The first kappa shape index (κ1) is 14.3. The van der Waals surface area contributed by atoms with Crippen LogP contribution in [0.15, 0.2) is 29.2 Å². The van der Waals surface area contributed by atoms with Gasteiger partial charge in [-0.15, -0.1) is 0 Å². The summed E-state index contributed by atoms with van der Waals surface area (Å²) in [6, 6.07) is 4.15. The van der Waals surface area contributed by atoms with Gasteiger partial charge in [-0.05, 0) is 12.1 Å². The van der Waals surface area contributed by atoms with Crippen LogP contribution in [-0.2, 0) is 9.05 Å². The lowest BCUT2D eigenvalue weighted by molar-refractivity contribution is -0.00436. The zero-order valence-corrected chi connectivity index (χ0v) is 10.4. The fraction of sp³-hybridized carbons (Fsp3) is 0. The molecule has 0 spiro atoms. The van der Waals surface area contributed by atoms with Gasteiger partial charge in [0.1, 0.15) is 0 Å². The SMILES string of the molecule is [C].[N-]=[N+]=C1C=Cc2c(cccc2S(=O)(=O)Cl)C1=O. The van der Waals surface area contributed by atoms with Gasteiger partial charge >= 0.3 is 5.71 Å². The first-order valence-corrected chi connectivity index (χ1v) is 6.78. The molecule has 90 valence electrons. The minimum Gasteiger partial charge on any atom is -0.361 e. The van der Waals surface area contributed by atoms with Crippen LogP contribution < -0.4 is 0 Å². The Labute approximate surface area is 109 Å². The fourth-order valence-electron chi connectivity index (χ4n) is 1.58. The summed E-state index contributed by atoms with van der Waals surface area (Å²) in [5.41, 5.74) is 8.79. The number of allylic oxidation sites excluding steroid dienone is 1. The molecule has 7 heteroatoms. The van der Waals surface area contributed by atoms with Crippen LogP contribution in [-0.4, -0.2) is 24.7 Å². The van der Waals surface area contributed by atoms with Crippen molar-refractivity contribution in [1.29, 1.82) is 0 Å². The van der Waals surface area contributed by atoms with Gasteiger partial charge in [-0.3, -0.25) is 4.79 Å². The topological polar surface area (TPSA) is 87.6 Å². The van der Waals surface area contributed by atoms with Crippen LogP contribution >= 0.6 is 10.7 Å². The minimum absolute atomic E-state index is 0. The Morgan fingerprint density at radius 2 is 1.89 bits per heavy atom. The molecule has 0 atom stereocenters. The molecular weight excluding hydrogens is 276 g/mol. The molecule has 4 radical (unpaired) electrons. The van der Waals surface area contributed by atoms with Crippen LogP contribution in [0.3, 0.4) is 0 Å². The Morgan fingerprint density at radius 3 is 2.44 bits per heavy atom. The van der Waals surface area contributed by atoms with Crippen LogP contribution in [0.5, 0.6) is 0 Å². The first-order valence-electron chi connectivity index (χ1n) is 4.47. The summed E-state index contributed by atoms with van der Waals surface area (Å²) in [6.45, 7) is 0. The average molecular weight is 281 g/mol. The van der Waals surface area contributed by atoms with Crippen LogP contribution in [0.25, 0.3) is 11.6 Å². The molecule has 18 heavy (non-hydrogen) atoms. The normalized spacial score (nSPS) is 13.6. The fourth-order valence-corrected chi connectivity index (χ4v) is 2.67. The van der Waals surface area contributed by atoms with E-state index in [1.54, 1.807) is 0 Å². The molecule has 0 aromatic heterocycles. The summed E-state index contributed by atoms with van der Waals surface area (Å²) in [7, 11) is 1.34. The summed E-state index contributed by atoms with van der Waals surface area (Å²) in [5, 5.41) is 0. The zero-order valence-electron chi connectivity index (χ0n) is 8.79. The molecular formula is C11H5ClN2O3S. The van der Waals surface area contributed by atoms with Gasteiger partial charge in [-0.2, -0.15) is 4.79 Å². The standard InChI is InChI=1S/C10H5ClN2O3S.C/c11-17(15,16)9-3-1-2-7-6(9)4-5-8(13-12)10(7)14;/h1-5H;. The summed E-state index contributed by atoms with van der Waals surface area (Å²) < 4.78 is 22.6. The molecule has 0 bridgehead atoms.